The maximum Gasteiger partial charge on any atom is 0.223 e. The summed E-state index contributed by atoms with van der Waals surface area (Å²) in [7, 11) is 0. The van der Waals surface area contributed by atoms with Gasteiger partial charge in [0.05, 0.1) is 21.3 Å². The molecular formula is C43H35N3OS. The van der Waals surface area contributed by atoms with E-state index in [9.17, 15) is 0 Å². The van der Waals surface area contributed by atoms with Crippen LogP contribution in [0.2, 0.25) is 0 Å². The molecule has 0 fully saturated rings. The SMILES string of the molecule is Cc1ccc(-c2c(C)ccc3c2Oc2ncccc2C3(C)C)cc1-c1cc(-c2c(C)ccc3c2sc2nc4ccccc4n23)ccc1C. The van der Waals surface area contributed by atoms with E-state index in [2.05, 4.69) is 142 Å². The molecule has 0 N–H and O–H groups in total. The van der Waals surface area contributed by atoms with Crippen LogP contribution in [0.15, 0.2) is 103 Å². The van der Waals surface area contributed by atoms with Crippen molar-refractivity contribution in [3.8, 4) is 45.0 Å². The lowest BCUT2D eigenvalue weighted by molar-refractivity contribution is 0.403. The van der Waals surface area contributed by atoms with Crippen LogP contribution in [0.4, 0.5) is 0 Å². The third-order valence-corrected chi connectivity index (χ3v) is 11.4. The van der Waals surface area contributed by atoms with Gasteiger partial charge < -0.3 is 4.74 Å². The number of pyridine rings is 1. The highest BCUT2D eigenvalue weighted by Crippen LogP contribution is 2.52. The van der Waals surface area contributed by atoms with Crippen LogP contribution in [0.1, 0.15) is 47.2 Å². The first kappa shape index (κ1) is 28.9. The van der Waals surface area contributed by atoms with Gasteiger partial charge in [-0.3, -0.25) is 4.40 Å². The summed E-state index contributed by atoms with van der Waals surface area (Å²) in [6.07, 6.45) is 1.81. The summed E-state index contributed by atoms with van der Waals surface area (Å²) in [6.45, 7) is 13.4. The van der Waals surface area contributed by atoms with Crippen molar-refractivity contribution < 1.29 is 4.74 Å². The number of imidazole rings is 1. The minimum Gasteiger partial charge on any atom is -0.438 e. The quantitative estimate of drug-likeness (QED) is 0.193. The predicted molar refractivity (Wildman–Crippen MR) is 200 cm³/mol. The average molecular weight is 642 g/mol. The molecule has 8 aromatic rings. The van der Waals surface area contributed by atoms with Gasteiger partial charge in [0.25, 0.3) is 0 Å². The third-order valence-electron chi connectivity index (χ3n) is 10.3. The Morgan fingerprint density at radius 1 is 0.646 bits per heavy atom. The number of para-hydroxylation sites is 2. The molecule has 9 rings (SSSR count). The molecule has 0 atom stereocenters. The molecule has 0 aliphatic carbocycles. The Bertz CT molecular complexity index is 2620. The summed E-state index contributed by atoms with van der Waals surface area (Å²) in [4.78, 5) is 10.6. The Balaban J connectivity index is 1.21. The monoisotopic (exact) mass is 641 g/mol. The number of rotatable bonds is 3. The van der Waals surface area contributed by atoms with Crippen LogP contribution in [-0.4, -0.2) is 14.4 Å². The van der Waals surface area contributed by atoms with Crippen molar-refractivity contribution >= 4 is 37.5 Å². The van der Waals surface area contributed by atoms with Gasteiger partial charge in [-0.15, -0.1) is 0 Å². The molecule has 4 nitrogen and oxygen atoms in total. The number of ether oxygens (including phenoxy) is 1. The molecular weight excluding hydrogens is 607 g/mol. The first-order valence-electron chi connectivity index (χ1n) is 16.5. The van der Waals surface area contributed by atoms with Crippen LogP contribution in [0.25, 0.3) is 59.6 Å². The van der Waals surface area contributed by atoms with E-state index in [1.807, 2.05) is 12.3 Å². The van der Waals surface area contributed by atoms with Gasteiger partial charge in [-0.1, -0.05) is 85.8 Å². The van der Waals surface area contributed by atoms with E-state index in [-0.39, 0.29) is 5.41 Å². The van der Waals surface area contributed by atoms with E-state index in [0.717, 1.165) is 38.4 Å². The molecule has 5 aromatic carbocycles. The average Bonchev–Trinajstić information content (AvgIpc) is 3.62. The van der Waals surface area contributed by atoms with E-state index in [0.29, 0.717) is 5.88 Å². The number of thiazole rings is 1. The van der Waals surface area contributed by atoms with E-state index in [1.165, 1.54) is 60.3 Å². The second-order valence-electron chi connectivity index (χ2n) is 13.7. The number of aryl methyl sites for hydroxylation is 4. The number of aromatic nitrogens is 3. The number of benzene rings is 5. The number of hydrogen-bond acceptors (Lipinski definition) is 4. The maximum absolute atomic E-state index is 6.64. The van der Waals surface area contributed by atoms with Gasteiger partial charge in [-0.05, 0) is 109 Å². The van der Waals surface area contributed by atoms with Crippen LogP contribution in [0.3, 0.4) is 0 Å². The van der Waals surface area contributed by atoms with E-state index < -0.39 is 0 Å². The fourth-order valence-corrected chi connectivity index (χ4v) is 8.93. The largest absolute Gasteiger partial charge is 0.438 e. The Morgan fingerprint density at radius 2 is 1.31 bits per heavy atom. The Kier molecular flexibility index (Phi) is 6.25. The van der Waals surface area contributed by atoms with Crippen LogP contribution in [-0.2, 0) is 5.41 Å². The Hall–Kier alpha value is -5.26. The highest BCUT2D eigenvalue weighted by atomic mass is 32.1. The lowest BCUT2D eigenvalue weighted by Crippen LogP contribution is -2.25. The zero-order chi connectivity index (χ0) is 32.9. The molecule has 3 aromatic heterocycles. The fourth-order valence-electron chi connectivity index (χ4n) is 7.67. The molecule has 0 spiro atoms. The molecule has 48 heavy (non-hydrogen) atoms. The van der Waals surface area contributed by atoms with Crippen LogP contribution < -0.4 is 4.74 Å². The summed E-state index contributed by atoms with van der Waals surface area (Å²) in [5.41, 5.74) is 17.6. The molecule has 1 aliphatic rings. The minimum atomic E-state index is -0.230. The van der Waals surface area contributed by atoms with Crippen LogP contribution >= 0.6 is 11.3 Å². The third kappa shape index (κ3) is 4.13. The highest BCUT2D eigenvalue weighted by molar-refractivity contribution is 7.24. The van der Waals surface area contributed by atoms with Crippen molar-refractivity contribution in [2.24, 2.45) is 0 Å². The molecule has 0 radical (unpaired) electrons. The summed E-state index contributed by atoms with van der Waals surface area (Å²) in [5.74, 6) is 1.60. The standard InChI is InChI=1S/C43H35N3OS/c1-24-13-17-28(37-26(3)15-19-32-39(37)47-41-33(43(32,5)6)10-9-21-44-41)22-30(24)31-23-29(18-14-25(31)2)38-27(4)16-20-36-40(38)48-42-45-34-11-7-8-12-35(34)46(36)42/h7-23H,1-6H3. The van der Waals surface area contributed by atoms with Crippen molar-refractivity contribution in [3.63, 3.8) is 0 Å². The number of hydrogen-bond donors (Lipinski definition) is 0. The molecule has 0 unspecified atom stereocenters. The first-order valence-corrected chi connectivity index (χ1v) is 17.3. The van der Waals surface area contributed by atoms with E-state index in [1.54, 1.807) is 11.3 Å². The molecule has 0 bridgehead atoms. The second-order valence-corrected chi connectivity index (χ2v) is 14.7. The maximum atomic E-state index is 6.64. The van der Waals surface area contributed by atoms with Crippen molar-refractivity contribution in [2.75, 3.05) is 0 Å². The van der Waals surface area contributed by atoms with E-state index >= 15 is 0 Å². The van der Waals surface area contributed by atoms with Crippen molar-refractivity contribution in [1.82, 2.24) is 14.4 Å². The predicted octanol–water partition coefficient (Wildman–Crippen LogP) is 11.8. The number of fused-ring (bicyclic) bond motifs is 7. The van der Waals surface area contributed by atoms with Gasteiger partial charge >= 0.3 is 0 Å². The Labute approximate surface area is 284 Å². The van der Waals surface area contributed by atoms with Gasteiger partial charge in [0.15, 0.2) is 4.96 Å². The lowest BCUT2D eigenvalue weighted by Gasteiger charge is -2.35. The summed E-state index contributed by atoms with van der Waals surface area (Å²) in [5, 5.41) is 0. The first-order chi connectivity index (χ1) is 23.2. The zero-order valence-corrected chi connectivity index (χ0v) is 28.8. The van der Waals surface area contributed by atoms with Crippen molar-refractivity contribution in [1.29, 1.82) is 0 Å². The van der Waals surface area contributed by atoms with Gasteiger partial charge in [0, 0.05) is 33.9 Å². The van der Waals surface area contributed by atoms with Gasteiger partial charge in [-0.25, -0.2) is 9.97 Å². The molecule has 0 saturated heterocycles. The highest BCUT2D eigenvalue weighted by Gasteiger charge is 2.36. The smallest absolute Gasteiger partial charge is 0.223 e. The topological polar surface area (TPSA) is 39.4 Å². The lowest BCUT2D eigenvalue weighted by atomic mass is 9.75. The second kappa shape index (κ2) is 10.4. The molecule has 234 valence electrons. The molecule has 0 saturated carbocycles. The normalized spacial score (nSPS) is 13.5. The van der Waals surface area contributed by atoms with Gasteiger partial charge in [0.2, 0.25) is 5.88 Å². The molecule has 4 heterocycles. The van der Waals surface area contributed by atoms with Gasteiger partial charge in [-0.2, -0.15) is 0 Å². The van der Waals surface area contributed by atoms with Gasteiger partial charge in [0.1, 0.15) is 5.75 Å². The Morgan fingerprint density at radius 3 is 2.08 bits per heavy atom. The van der Waals surface area contributed by atoms with E-state index in [4.69, 9.17) is 9.72 Å². The minimum absolute atomic E-state index is 0.230. The van der Waals surface area contributed by atoms with Crippen molar-refractivity contribution in [2.45, 2.75) is 47.0 Å². The zero-order valence-electron chi connectivity index (χ0n) is 28.0. The van der Waals surface area contributed by atoms with Crippen molar-refractivity contribution in [3.05, 3.63) is 137 Å². The molecule has 0 amide bonds. The number of nitrogens with zero attached hydrogens (tertiary/aromatic N) is 3. The fraction of sp³-hybridized carbons (Fsp3) is 0.163. The summed E-state index contributed by atoms with van der Waals surface area (Å²) in [6, 6.07) is 35.2. The molecule has 5 heteroatoms. The summed E-state index contributed by atoms with van der Waals surface area (Å²) >= 11 is 1.77. The molecule has 1 aliphatic heterocycles. The van der Waals surface area contributed by atoms with Crippen LogP contribution in [0, 0.1) is 27.7 Å². The van der Waals surface area contributed by atoms with Crippen LogP contribution in [0.5, 0.6) is 11.6 Å². The summed E-state index contributed by atoms with van der Waals surface area (Å²) < 4.78 is 10.2.